The first kappa shape index (κ1) is 16.5. The molecule has 126 valence electrons. The van der Waals surface area contributed by atoms with Crippen LogP contribution in [0.3, 0.4) is 0 Å². The van der Waals surface area contributed by atoms with Crippen molar-refractivity contribution in [3.8, 4) is 0 Å². The van der Waals surface area contributed by atoms with E-state index in [9.17, 15) is 4.79 Å². The van der Waals surface area contributed by atoms with Crippen molar-refractivity contribution in [3.63, 3.8) is 0 Å². The molecule has 0 spiro atoms. The molecule has 24 heavy (non-hydrogen) atoms. The Bertz CT molecular complexity index is 679. The average molecular weight is 324 g/mol. The summed E-state index contributed by atoms with van der Waals surface area (Å²) in [5.74, 6) is -0.126. The van der Waals surface area contributed by atoms with Gasteiger partial charge in [0.05, 0.1) is 6.61 Å². The van der Waals surface area contributed by atoms with Crippen LogP contribution in [0.15, 0.2) is 48.5 Å². The molecule has 1 saturated heterocycles. The summed E-state index contributed by atoms with van der Waals surface area (Å²) in [6, 6.07) is 16.0. The first-order valence-electron chi connectivity index (χ1n) is 8.49. The van der Waals surface area contributed by atoms with Crippen LogP contribution in [0, 0.1) is 6.92 Å². The molecule has 3 rings (SSSR count). The summed E-state index contributed by atoms with van der Waals surface area (Å²) in [5, 5.41) is 2.90. The molecular weight excluding hydrogens is 300 g/mol. The molecule has 1 heterocycles. The summed E-state index contributed by atoms with van der Waals surface area (Å²) in [7, 11) is 0. The number of ether oxygens (including phenoxy) is 1. The molecule has 0 aliphatic carbocycles. The van der Waals surface area contributed by atoms with Crippen LogP contribution < -0.4 is 10.2 Å². The van der Waals surface area contributed by atoms with Gasteiger partial charge in [-0.3, -0.25) is 4.79 Å². The van der Waals surface area contributed by atoms with Gasteiger partial charge < -0.3 is 15.0 Å². The molecule has 1 aliphatic rings. The van der Waals surface area contributed by atoms with E-state index >= 15 is 0 Å². The number of rotatable bonds is 6. The SMILES string of the molecule is Cc1cc(NC(=O)COCc2ccccc2)ccc1N1CCCC1. The van der Waals surface area contributed by atoms with Gasteiger partial charge in [0.2, 0.25) is 5.91 Å². The lowest BCUT2D eigenvalue weighted by molar-refractivity contribution is -0.121. The Morgan fingerprint density at radius 1 is 1.12 bits per heavy atom. The number of anilines is 2. The van der Waals surface area contributed by atoms with Crippen molar-refractivity contribution in [2.24, 2.45) is 0 Å². The minimum absolute atomic E-state index is 0.0574. The fourth-order valence-electron chi connectivity index (χ4n) is 3.08. The third kappa shape index (κ3) is 4.36. The van der Waals surface area contributed by atoms with Crippen LogP contribution in [0.1, 0.15) is 24.0 Å². The van der Waals surface area contributed by atoms with E-state index in [0.717, 1.165) is 24.3 Å². The van der Waals surface area contributed by atoms with Crippen LogP contribution in [0.4, 0.5) is 11.4 Å². The van der Waals surface area contributed by atoms with Gasteiger partial charge in [0.25, 0.3) is 0 Å². The maximum absolute atomic E-state index is 12.0. The number of benzene rings is 2. The zero-order valence-electron chi connectivity index (χ0n) is 14.1. The summed E-state index contributed by atoms with van der Waals surface area (Å²) in [6.45, 7) is 4.85. The summed E-state index contributed by atoms with van der Waals surface area (Å²) in [6.07, 6.45) is 2.52. The van der Waals surface area contributed by atoms with Gasteiger partial charge in [0.15, 0.2) is 0 Å². The van der Waals surface area contributed by atoms with Crippen molar-refractivity contribution in [1.29, 1.82) is 0 Å². The molecule has 1 aliphatic heterocycles. The molecule has 1 fully saturated rings. The second-order valence-electron chi connectivity index (χ2n) is 6.22. The normalized spacial score (nSPS) is 14.0. The van der Waals surface area contributed by atoms with Crippen molar-refractivity contribution in [1.82, 2.24) is 0 Å². The van der Waals surface area contributed by atoms with Gasteiger partial charge >= 0.3 is 0 Å². The zero-order valence-corrected chi connectivity index (χ0v) is 14.1. The van der Waals surface area contributed by atoms with Crippen LogP contribution in [0.25, 0.3) is 0 Å². The quantitative estimate of drug-likeness (QED) is 0.880. The fraction of sp³-hybridized carbons (Fsp3) is 0.350. The van der Waals surface area contributed by atoms with E-state index in [1.54, 1.807) is 0 Å². The van der Waals surface area contributed by atoms with Crippen molar-refractivity contribution in [2.75, 3.05) is 29.9 Å². The molecule has 4 heteroatoms. The summed E-state index contributed by atoms with van der Waals surface area (Å²) in [5.41, 5.74) is 4.35. The van der Waals surface area contributed by atoms with Crippen LogP contribution in [0.2, 0.25) is 0 Å². The number of carbonyl (C=O) groups is 1. The van der Waals surface area contributed by atoms with E-state index in [-0.39, 0.29) is 12.5 Å². The largest absolute Gasteiger partial charge is 0.371 e. The predicted molar refractivity (Wildman–Crippen MR) is 97.4 cm³/mol. The van der Waals surface area contributed by atoms with Gasteiger partial charge in [0, 0.05) is 24.5 Å². The first-order chi connectivity index (χ1) is 11.7. The Kier molecular flexibility index (Phi) is 5.49. The highest BCUT2D eigenvalue weighted by Crippen LogP contribution is 2.26. The number of amides is 1. The fourth-order valence-corrected chi connectivity index (χ4v) is 3.08. The van der Waals surface area contributed by atoms with Gasteiger partial charge in [-0.05, 0) is 49.1 Å². The zero-order chi connectivity index (χ0) is 16.8. The highest BCUT2D eigenvalue weighted by molar-refractivity contribution is 5.92. The highest BCUT2D eigenvalue weighted by Gasteiger charge is 2.14. The minimum atomic E-state index is -0.126. The molecule has 1 N–H and O–H groups in total. The van der Waals surface area contributed by atoms with Crippen molar-refractivity contribution >= 4 is 17.3 Å². The monoisotopic (exact) mass is 324 g/mol. The Morgan fingerprint density at radius 2 is 1.88 bits per heavy atom. The lowest BCUT2D eigenvalue weighted by Gasteiger charge is -2.20. The number of nitrogens with one attached hydrogen (secondary N) is 1. The molecule has 1 amide bonds. The number of aryl methyl sites for hydroxylation is 1. The van der Waals surface area contributed by atoms with Gasteiger partial charge in [-0.1, -0.05) is 30.3 Å². The summed E-state index contributed by atoms with van der Waals surface area (Å²) in [4.78, 5) is 14.4. The third-order valence-corrected chi connectivity index (χ3v) is 4.27. The molecule has 0 unspecified atom stereocenters. The molecule has 4 nitrogen and oxygen atoms in total. The van der Waals surface area contributed by atoms with Crippen LogP contribution in [-0.4, -0.2) is 25.6 Å². The second-order valence-corrected chi connectivity index (χ2v) is 6.22. The highest BCUT2D eigenvalue weighted by atomic mass is 16.5. The number of carbonyl (C=O) groups excluding carboxylic acids is 1. The smallest absolute Gasteiger partial charge is 0.250 e. The number of hydrogen-bond donors (Lipinski definition) is 1. The maximum Gasteiger partial charge on any atom is 0.250 e. The van der Waals surface area contributed by atoms with Gasteiger partial charge in [-0.2, -0.15) is 0 Å². The molecule has 2 aromatic carbocycles. The van der Waals surface area contributed by atoms with Gasteiger partial charge in [-0.25, -0.2) is 0 Å². The Morgan fingerprint density at radius 3 is 2.58 bits per heavy atom. The molecule has 0 aromatic heterocycles. The van der Waals surface area contributed by atoms with Gasteiger partial charge in [-0.15, -0.1) is 0 Å². The van der Waals surface area contributed by atoms with Gasteiger partial charge in [0.1, 0.15) is 6.61 Å². The van der Waals surface area contributed by atoms with E-state index in [1.807, 2.05) is 42.5 Å². The summed E-state index contributed by atoms with van der Waals surface area (Å²) < 4.78 is 5.47. The molecule has 0 bridgehead atoms. The Hall–Kier alpha value is -2.33. The van der Waals surface area contributed by atoms with E-state index in [2.05, 4.69) is 23.2 Å². The maximum atomic E-state index is 12.0. The van der Waals surface area contributed by atoms with E-state index in [0.29, 0.717) is 6.61 Å². The standard InChI is InChI=1S/C20H24N2O2/c1-16-13-18(9-10-19(16)22-11-5-6-12-22)21-20(23)15-24-14-17-7-3-2-4-8-17/h2-4,7-10,13H,5-6,11-12,14-15H2,1H3,(H,21,23). The second kappa shape index (κ2) is 7.97. The van der Waals surface area contributed by atoms with Crippen molar-refractivity contribution in [2.45, 2.75) is 26.4 Å². The first-order valence-corrected chi connectivity index (χ1v) is 8.49. The van der Waals surface area contributed by atoms with Crippen LogP contribution in [0.5, 0.6) is 0 Å². The van der Waals surface area contributed by atoms with Crippen LogP contribution >= 0.6 is 0 Å². The average Bonchev–Trinajstić information content (AvgIpc) is 3.10. The topological polar surface area (TPSA) is 41.6 Å². The predicted octanol–water partition coefficient (Wildman–Crippen LogP) is 3.75. The Balaban J connectivity index is 1.50. The molecule has 0 saturated carbocycles. The van der Waals surface area contributed by atoms with E-state index < -0.39 is 0 Å². The lowest BCUT2D eigenvalue weighted by atomic mass is 10.1. The number of hydrogen-bond acceptors (Lipinski definition) is 3. The van der Waals surface area contributed by atoms with E-state index in [1.165, 1.54) is 24.1 Å². The summed E-state index contributed by atoms with van der Waals surface area (Å²) >= 11 is 0. The molecule has 0 radical (unpaired) electrons. The minimum Gasteiger partial charge on any atom is -0.371 e. The molecule has 0 atom stereocenters. The lowest BCUT2D eigenvalue weighted by Crippen LogP contribution is -2.20. The van der Waals surface area contributed by atoms with Crippen molar-refractivity contribution < 1.29 is 9.53 Å². The molecule has 2 aromatic rings. The molecular formula is C20H24N2O2. The number of nitrogens with zero attached hydrogens (tertiary/aromatic N) is 1. The van der Waals surface area contributed by atoms with E-state index in [4.69, 9.17) is 4.74 Å². The van der Waals surface area contributed by atoms with Crippen LogP contribution in [-0.2, 0) is 16.1 Å². The Labute approximate surface area is 143 Å². The van der Waals surface area contributed by atoms with Crippen molar-refractivity contribution in [3.05, 3.63) is 59.7 Å². The third-order valence-electron chi connectivity index (χ3n) is 4.27.